The van der Waals surface area contributed by atoms with Gasteiger partial charge in [-0.3, -0.25) is 9.59 Å². The van der Waals surface area contributed by atoms with Crippen LogP contribution in [0.2, 0.25) is 0 Å². The van der Waals surface area contributed by atoms with Gasteiger partial charge in [0, 0.05) is 23.6 Å². The van der Waals surface area contributed by atoms with Crippen LogP contribution in [0.4, 0.5) is 0 Å². The highest BCUT2D eigenvalue weighted by Gasteiger charge is 2.26. The Morgan fingerprint density at radius 3 is 2.86 bits per heavy atom. The number of H-pyrrole nitrogens is 1. The summed E-state index contributed by atoms with van der Waals surface area (Å²) in [5.41, 5.74) is 2.26. The Balaban J connectivity index is 1.40. The van der Waals surface area contributed by atoms with Crippen molar-refractivity contribution in [3.63, 3.8) is 0 Å². The number of aromatic amines is 1. The zero-order chi connectivity index (χ0) is 15.4. The summed E-state index contributed by atoms with van der Waals surface area (Å²) >= 11 is 0. The van der Waals surface area contributed by atoms with Crippen molar-refractivity contribution in [2.45, 2.75) is 25.7 Å². The SMILES string of the molecule is O=C(COC(=O)C1CCC1)NCCc1c[nH]c2ccccc12. The normalized spacial score (nSPS) is 14.5. The molecule has 0 spiro atoms. The Morgan fingerprint density at radius 2 is 2.09 bits per heavy atom. The zero-order valence-electron chi connectivity index (χ0n) is 12.4. The fourth-order valence-electron chi connectivity index (χ4n) is 2.62. The Bertz CT molecular complexity index is 673. The van der Waals surface area contributed by atoms with E-state index in [1.165, 1.54) is 10.9 Å². The molecular formula is C17H20N2O3. The number of fused-ring (bicyclic) bond motifs is 1. The third-order valence-corrected chi connectivity index (χ3v) is 4.18. The standard InChI is InChI=1S/C17H20N2O3/c20-16(11-22-17(21)12-4-3-5-12)18-9-8-13-10-19-15-7-2-1-6-14(13)15/h1-2,6-7,10,12,19H,3-5,8-9,11H2,(H,18,20). The van der Waals surface area contributed by atoms with Crippen molar-refractivity contribution in [3.8, 4) is 0 Å². The number of rotatable bonds is 6. The monoisotopic (exact) mass is 300 g/mol. The largest absolute Gasteiger partial charge is 0.455 e. The summed E-state index contributed by atoms with van der Waals surface area (Å²) in [5.74, 6) is -0.468. The topological polar surface area (TPSA) is 71.2 Å². The maximum atomic E-state index is 11.7. The van der Waals surface area contributed by atoms with E-state index in [0.29, 0.717) is 6.54 Å². The average molecular weight is 300 g/mol. The number of hydrogen-bond acceptors (Lipinski definition) is 3. The van der Waals surface area contributed by atoms with Gasteiger partial charge in [-0.25, -0.2) is 0 Å². The summed E-state index contributed by atoms with van der Waals surface area (Å²) in [7, 11) is 0. The number of aromatic nitrogens is 1. The molecule has 2 aromatic rings. The van der Waals surface area contributed by atoms with Gasteiger partial charge in [-0.2, -0.15) is 0 Å². The number of para-hydroxylation sites is 1. The number of carbonyl (C=O) groups is 2. The number of esters is 1. The molecule has 1 amide bonds. The van der Waals surface area contributed by atoms with Crippen molar-refractivity contribution in [1.82, 2.24) is 10.3 Å². The van der Waals surface area contributed by atoms with Crippen LogP contribution < -0.4 is 5.32 Å². The van der Waals surface area contributed by atoms with Gasteiger partial charge in [-0.05, 0) is 30.9 Å². The van der Waals surface area contributed by atoms with Crippen molar-refractivity contribution in [1.29, 1.82) is 0 Å². The lowest BCUT2D eigenvalue weighted by Crippen LogP contribution is -2.32. The van der Waals surface area contributed by atoms with Crippen LogP contribution in [0.25, 0.3) is 10.9 Å². The van der Waals surface area contributed by atoms with E-state index in [2.05, 4.69) is 16.4 Å². The lowest BCUT2D eigenvalue weighted by Gasteiger charge is -2.22. The van der Waals surface area contributed by atoms with Crippen LogP contribution in [-0.4, -0.2) is 30.0 Å². The second-order valence-electron chi connectivity index (χ2n) is 5.69. The lowest BCUT2D eigenvalue weighted by atomic mass is 9.86. The summed E-state index contributed by atoms with van der Waals surface area (Å²) in [4.78, 5) is 26.4. The summed E-state index contributed by atoms with van der Waals surface area (Å²) in [6.07, 6.45) is 5.57. The maximum Gasteiger partial charge on any atom is 0.309 e. The van der Waals surface area contributed by atoms with Gasteiger partial charge in [0.2, 0.25) is 0 Å². The first kappa shape index (κ1) is 14.6. The number of benzene rings is 1. The van der Waals surface area contributed by atoms with Gasteiger partial charge in [-0.1, -0.05) is 24.6 Å². The van der Waals surface area contributed by atoms with E-state index in [9.17, 15) is 9.59 Å². The van der Waals surface area contributed by atoms with Gasteiger partial charge in [0.05, 0.1) is 5.92 Å². The molecule has 0 atom stereocenters. The van der Waals surface area contributed by atoms with Crippen LogP contribution in [0.5, 0.6) is 0 Å². The van der Waals surface area contributed by atoms with Gasteiger partial charge < -0.3 is 15.0 Å². The molecule has 0 bridgehead atoms. The zero-order valence-corrected chi connectivity index (χ0v) is 12.4. The molecular weight excluding hydrogens is 280 g/mol. The Hall–Kier alpha value is -2.30. The van der Waals surface area contributed by atoms with E-state index in [1.807, 2.05) is 24.4 Å². The number of ether oxygens (including phenoxy) is 1. The molecule has 1 saturated carbocycles. The number of nitrogens with one attached hydrogen (secondary N) is 2. The molecule has 116 valence electrons. The van der Waals surface area contributed by atoms with Crippen LogP contribution in [0, 0.1) is 5.92 Å². The molecule has 1 aliphatic carbocycles. The number of amides is 1. The second kappa shape index (κ2) is 6.64. The van der Waals surface area contributed by atoms with E-state index < -0.39 is 0 Å². The minimum Gasteiger partial charge on any atom is -0.455 e. The minimum atomic E-state index is -0.243. The van der Waals surface area contributed by atoms with E-state index in [-0.39, 0.29) is 24.4 Å². The highest BCUT2D eigenvalue weighted by atomic mass is 16.5. The summed E-state index contributed by atoms with van der Waals surface area (Å²) in [6.45, 7) is 0.352. The fraction of sp³-hybridized carbons (Fsp3) is 0.412. The van der Waals surface area contributed by atoms with Crippen molar-refractivity contribution < 1.29 is 14.3 Å². The van der Waals surface area contributed by atoms with E-state index in [4.69, 9.17) is 4.74 Å². The van der Waals surface area contributed by atoms with Gasteiger partial charge in [-0.15, -0.1) is 0 Å². The molecule has 0 radical (unpaired) electrons. The molecule has 1 fully saturated rings. The molecule has 22 heavy (non-hydrogen) atoms. The van der Waals surface area contributed by atoms with E-state index in [1.54, 1.807) is 0 Å². The first-order chi connectivity index (χ1) is 10.7. The number of hydrogen-bond donors (Lipinski definition) is 2. The highest BCUT2D eigenvalue weighted by Crippen LogP contribution is 2.27. The van der Waals surface area contributed by atoms with E-state index >= 15 is 0 Å². The summed E-state index contributed by atoms with van der Waals surface area (Å²) in [5, 5.41) is 3.96. The third-order valence-electron chi connectivity index (χ3n) is 4.18. The Morgan fingerprint density at radius 1 is 1.27 bits per heavy atom. The molecule has 3 rings (SSSR count). The molecule has 0 unspecified atom stereocenters. The van der Waals surface area contributed by atoms with Crippen LogP contribution in [0.3, 0.4) is 0 Å². The summed E-state index contributed by atoms with van der Waals surface area (Å²) in [6, 6.07) is 8.07. The lowest BCUT2D eigenvalue weighted by molar-refractivity contribution is -0.155. The molecule has 1 aromatic carbocycles. The van der Waals surface area contributed by atoms with Crippen LogP contribution in [-0.2, 0) is 20.7 Å². The van der Waals surface area contributed by atoms with Crippen LogP contribution in [0.15, 0.2) is 30.5 Å². The van der Waals surface area contributed by atoms with Crippen molar-refractivity contribution in [2.75, 3.05) is 13.2 Å². The van der Waals surface area contributed by atoms with Crippen molar-refractivity contribution >= 4 is 22.8 Å². The van der Waals surface area contributed by atoms with Crippen molar-refractivity contribution in [2.24, 2.45) is 5.92 Å². The van der Waals surface area contributed by atoms with Gasteiger partial charge in [0.25, 0.3) is 5.91 Å². The van der Waals surface area contributed by atoms with Crippen LogP contribution in [0.1, 0.15) is 24.8 Å². The van der Waals surface area contributed by atoms with Crippen molar-refractivity contribution in [3.05, 3.63) is 36.0 Å². The molecule has 1 aromatic heterocycles. The minimum absolute atomic E-state index is 0.0130. The Labute approximate surface area is 129 Å². The predicted molar refractivity (Wildman–Crippen MR) is 83.3 cm³/mol. The maximum absolute atomic E-state index is 11.7. The number of carbonyl (C=O) groups excluding carboxylic acids is 2. The van der Waals surface area contributed by atoms with Gasteiger partial charge in [0.15, 0.2) is 6.61 Å². The van der Waals surface area contributed by atoms with Gasteiger partial charge >= 0.3 is 5.97 Å². The second-order valence-corrected chi connectivity index (χ2v) is 5.69. The third kappa shape index (κ3) is 3.30. The first-order valence-corrected chi connectivity index (χ1v) is 7.72. The predicted octanol–water partition coefficient (Wildman–Crippen LogP) is 2.17. The molecule has 2 N–H and O–H groups in total. The Kier molecular flexibility index (Phi) is 4.42. The molecule has 1 aliphatic rings. The quantitative estimate of drug-likeness (QED) is 0.803. The summed E-state index contributed by atoms with van der Waals surface area (Å²) < 4.78 is 5.01. The van der Waals surface area contributed by atoms with E-state index in [0.717, 1.165) is 31.2 Å². The molecule has 0 saturated heterocycles. The smallest absolute Gasteiger partial charge is 0.309 e. The molecule has 0 aliphatic heterocycles. The first-order valence-electron chi connectivity index (χ1n) is 7.72. The van der Waals surface area contributed by atoms with Crippen LogP contribution >= 0.6 is 0 Å². The van der Waals surface area contributed by atoms with Gasteiger partial charge in [0.1, 0.15) is 0 Å². The fourth-order valence-corrected chi connectivity index (χ4v) is 2.62. The molecule has 1 heterocycles. The molecule has 5 nitrogen and oxygen atoms in total. The molecule has 5 heteroatoms. The highest BCUT2D eigenvalue weighted by molar-refractivity contribution is 5.83. The average Bonchev–Trinajstić information content (AvgIpc) is 2.87.